The lowest BCUT2D eigenvalue weighted by atomic mass is 9.95. The number of pyridine rings is 1. The van der Waals surface area contributed by atoms with Gasteiger partial charge in [-0.1, -0.05) is 26.2 Å². The molecule has 0 saturated heterocycles. The number of thiophene rings is 1. The third kappa shape index (κ3) is 3.40. The Bertz CT molecular complexity index is 934. The van der Waals surface area contributed by atoms with Gasteiger partial charge in [-0.25, -0.2) is 15.0 Å². The molecule has 138 valence electrons. The molecule has 0 aromatic carbocycles. The molecule has 0 spiro atoms. The van der Waals surface area contributed by atoms with Crippen molar-refractivity contribution in [2.75, 3.05) is 11.9 Å². The fourth-order valence-corrected chi connectivity index (χ4v) is 4.57. The van der Waals surface area contributed by atoms with Crippen molar-refractivity contribution in [3.63, 3.8) is 0 Å². The molecule has 1 aliphatic rings. The second-order valence-electron chi connectivity index (χ2n) is 7.66. The number of ether oxygens (including phenoxy) is 1. The minimum atomic E-state index is -0.143. The monoisotopic (exact) mass is 370 g/mol. The van der Waals surface area contributed by atoms with Crippen LogP contribution in [0.3, 0.4) is 0 Å². The molecule has 0 atom stereocenters. The molecule has 3 aromatic heterocycles. The smallest absolute Gasteiger partial charge is 0.147 e. The van der Waals surface area contributed by atoms with Crippen LogP contribution in [0.5, 0.6) is 0 Å². The third-order valence-electron chi connectivity index (χ3n) is 4.95. The van der Waals surface area contributed by atoms with Crippen LogP contribution in [0.1, 0.15) is 57.7 Å². The number of hydrogen-bond acceptors (Lipinski definition) is 6. The second kappa shape index (κ2) is 7.08. The van der Waals surface area contributed by atoms with Crippen LogP contribution >= 0.6 is 11.3 Å². The van der Waals surface area contributed by atoms with E-state index >= 15 is 0 Å². The molecule has 0 fully saturated rings. The van der Waals surface area contributed by atoms with Crippen LogP contribution in [-0.2, 0) is 17.8 Å². The first-order valence-electron chi connectivity index (χ1n) is 9.51. The van der Waals surface area contributed by atoms with Crippen molar-refractivity contribution >= 4 is 37.6 Å². The van der Waals surface area contributed by atoms with Gasteiger partial charge in [0.25, 0.3) is 0 Å². The molecule has 26 heavy (non-hydrogen) atoms. The van der Waals surface area contributed by atoms with Gasteiger partial charge in [0, 0.05) is 23.9 Å². The van der Waals surface area contributed by atoms with Gasteiger partial charge in [0.1, 0.15) is 17.0 Å². The lowest BCUT2D eigenvalue weighted by Crippen LogP contribution is -2.32. The van der Waals surface area contributed by atoms with E-state index in [4.69, 9.17) is 9.72 Å². The van der Waals surface area contributed by atoms with Gasteiger partial charge in [-0.15, -0.1) is 11.3 Å². The Morgan fingerprint density at radius 2 is 2.12 bits per heavy atom. The summed E-state index contributed by atoms with van der Waals surface area (Å²) < 4.78 is 7.06. The van der Waals surface area contributed by atoms with Crippen molar-refractivity contribution in [2.24, 2.45) is 0 Å². The minimum Gasteiger partial charge on any atom is -0.370 e. The molecule has 0 aliphatic carbocycles. The maximum Gasteiger partial charge on any atom is 0.147 e. The molecule has 5 nitrogen and oxygen atoms in total. The van der Waals surface area contributed by atoms with Crippen LogP contribution in [0.15, 0.2) is 12.4 Å². The molecule has 0 saturated carbocycles. The van der Waals surface area contributed by atoms with E-state index in [2.05, 4.69) is 42.1 Å². The first-order chi connectivity index (χ1) is 12.6. The molecule has 0 amide bonds. The Hall–Kier alpha value is -1.79. The number of unbranched alkanes of at least 4 members (excludes halogenated alkanes) is 3. The third-order valence-corrected chi connectivity index (χ3v) is 6.04. The summed E-state index contributed by atoms with van der Waals surface area (Å²) in [5.74, 6) is 0.934. The Morgan fingerprint density at radius 1 is 1.23 bits per heavy atom. The molecule has 1 aliphatic heterocycles. The zero-order chi connectivity index (χ0) is 18.1. The Labute approximate surface area is 158 Å². The number of aromatic nitrogens is 3. The molecule has 4 rings (SSSR count). The zero-order valence-electron chi connectivity index (χ0n) is 15.8. The van der Waals surface area contributed by atoms with Crippen molar-refractivity contribution in [3.05, 3.63) is 23.7 Å². The van der Waals surface area contributed by atoms with E-state index in [0.29, 0.717) is 6.61 Å². The van der Waals surface area contributed by atoms with Crippen LogP contribution < -0.4 is 5.32 Å². The minimum absolute atomic E-state index is 0.143. The largest absolute Gasteiger partial charge is 0.370 e. The van der Waals surface area contributed by atoms with Gasteiger partial charge in [-0.3, -0.25) is 0 Å². The molecule has 3 aromatic rings. The predicted molar refractivity (Wildman–Crippen MR) is 108 cm³/mol. The van der Waals surface area contributed by atoms with E-state index in [1.54, 1.807) is 17.7 Å². The molecule has 0 bridgehead atoms. The number of nitrogens with one attached hydrogen (secondary N) is 1. The first-order valence-corrected chi connectivity index (χ1v) is 10.3. The average Bonchev–Trinajstić information content (AvgIpc) is 2.97. The number of nitrogens with zero attached hydrogens (tertiary/aromatic N) is 3. The maximum absolute atomic E-state index is 5.96. The number of rotatable bonds is 6. The normalized spacial score (nSPS) is 16.1. The van der Waals surface area contributed by atoms with E-state index in [1.807, 2.05) is 0 Å². The van der Waals surface area contributed by atoms with Crippen LogP contribution in [0, 0.1) is 0 Å². The average molecular weight is 371 g/mol. The summed E-state index contributed by atoms with van der Waals surface area (Å²) in [5.41, 5.74) is 3.19. The van der Waals surface area contributed by atoms with Gasteiger partial charge >= 0.3 is 0 Å². The highest BCUT2D eigenvalue weighted by Crippen LogP contribution is 2.37. The maximum atomic E-state index is 5.96. The lowest BCUT2D eigenvalue weighted by molar-refractivity contribution is -0.0411. The Kier molecular flexibility index (Phi) is 4.80. The van der Waals surface area contributed by atoms with Crippen molar-refractivity contribution in [1.29, 1.82) is 0 Å². The molecule has 0 radical (unpaired) electrons. The van der Waals surface area contributed by atoms with E-state index in [9.17, 15) is 0 Å². The van der Waals surface area contributed by atoms with Gasteiger partial charge < -0.3 is 10.1 Å². The second-order valence-corrected chi connectivity index (χ2v) is 8.66. The van der Waals surface area contributed by atoms with E-state index in [-0.39, 0.29) is 5.60 Å². The summed E-state index contributed by atoms with van der Waals surface area (Å²) in [6.07, 6.45) is 7.47. The molecule has 6 heteroatoms. The first kappa shape index (κ1) is 17.6. The number of hydrogen-bond donors (Lipinski definition) is 1. The van der Waals surface area contributed by atoms with E-state index < -0.39 is 0 Å². The van der Waals surface area contributed by atoms with Gasteiger partial charge in [-0.05, 0) is 26.3 Å². The summed E-state index contributed by atoms with van der Waals surface area (Å²) in [6, 6.07) is 2.21. The summed E-state index contributed by atoms with van der Waals surface area (Å²) >= 11 is 1.69. The quantitative estimate of drug-likeness (QED) is 0.613. The number of anilines is 1. The highest BCUT2D eigenvalue weighted by Gasteiger charge is 2.28. The predicted octanol–water partition coefficient (Wildman–Crippen LogP) is 5.08. The Balaban J connectivity index is 1.67. The lowest BCUT2D eigenvalue weighted by Gasteiger charge is -2.30. The topological polar surface area (TPSA) is 59.9 Å². The summed E-state index contributed by atoms with van der Waals surface area (Å²) in [4.78, 5) is 15.0. The summed E-state index contributed by atoms with van der Waals surface area (Å²) in [7, 11) is 0. The SMILES string of the molecule is CCCCCCNc1ncnc2c1sc1nc3c(cc12)COC(C)(C)C3. The van der Waals surface area contributed by atoms with Crippen molar-refractivity contribution in [3.8, 4) is 0 Å². The van der Waals surface area contributed by atoms with Crippen LogP contribution in [0.25, 0.3) is 20.4 Å². The van der Waals surface area contributed by atoms with Gasteiger partial charge in [0.15, 0.2) is 0 Å². The zero-order valence-corrected chi connectivity index (χ0v) is 16.6. The molecule has 1 N–H and O–H groups in total. The van der Waals surface area contributed by atoms with Crippen LogP contribution in [0.2, 0.25) is 0 Å². The Morgan fingerprint density at radius 3 is 2.96 bits per heavy atom. The molecule has 0 unspecified atom stereocenters. The van der Waals surface area contributed by atoms with Crippen LogP contribution in [-0.4, -0.2) is 27.1 Å². The van der Waals surface area contributed by atoms with Crippen molar-refractivity contribution in [1.82, 2.24) is 15.0 Å². The van der Waals surface area contributed by atoms with Crippen LogP contribution in [0.4, 0.5) is 5.82 Å². The van der Waals surface area contributed by atoms with Crippen molar-refractivity contribution < 1.29 is 4.74 Å². The van der Waals surface area contributed by atoms with E-state index in [1.165, 1.54) is 31.2 Å². The molecular formula is C20H26N4OS. The molecular weight excluding hydrogens is 344 g/mol. The molecule has 4 heterocycles. The fourth-order valence-electron chi connectivity index (χ4n) is 3.47. The van der Waals surface area contributed by atoms with Gasteiger partial charge in [0.05, 0.1) is 28.1 Å². The van der Waals surface area contributed by atoms with Gasteiger partial charge in [0.2, 0.25) is 0 Å². The standard InChI is InChI=1S/C20H26N4OS/c1-4-5-6-7-8-21-18-17-16(22-12-23-18)14-9-13-11-25-20(2,3)10-15(13)24-19(14)26-17/h9,12H,4-8,10-11H2,1-3H3,(H,21,22,23). The fraction of sp³-hybridized carbons (Fsp3) is 0.550. The summed E-state index contributed by atoms with van der Waals surface area (Å²) in [6.45, 7) is 8.05. The van der Waals surface area contributed by atoms with Gasteiger partial charge in [-0.2, -0.15) is 0 Å². The number of fused-ring (bicyclic) bond motifs is 4. The summed E-state index contributed by atoms with van der Waals surface area (Å²) in [5, 5.41) is 4.61. The van der Waals surface area contributed by atoms with Crippen molar-refractivity contribution in [2.45, 2.75) is 65.1 Å². The highest BCUT2D eigenvalue weighted by atomic mass is 32.1. The highest BCUT2D eigenvalue weighted by molar-refractivity contribution is 7.25. The van der Waals surface area contributed by atoms with E-state index in [0.717, 1.165) is 44.9 Å².